The molecular formula is C16H14F2N2O. The van der Waals surface area contributed by atoms with Crippen molar-refractivity contribution in [3.8, 4) is 11.3 Å². The van der Waals surface area contributed by atoms with E-state index in [9.17, 15) is 13.6 Å². The summed E-state index contributed by atoms with van der Waals surface area (Å²) in [6.07, 6.45) is 2.63. The second kappa shape index (κ2) is 4.23. The van der Waals surface area contributed by atoms with Crippen LogP contribution in [0.3, 0.4) is 0 Å². The van der Waals surface area contributed by atoms with Crippen molar-refractivity contribution in [2.45, 2.75) is 31.2 Å². The van der Waals surface area contributed by atoms with Crippen LogP contribution < -0.4 is 0 Å². The monoisotopic (exact) mass is 288 g/mol. The lowest BCUT2D eigenvalue weighted by molar-refractivity contribution is -0.137. The molecule has 1 aliphatic heterocycles. The Morgan fingerprint density at radius 1 is 1.29 bits per heavy atom. The van der Waals surface area contributed by atoms with E-state index in [2.05, 4.69) is 4.98 Å². The van der Waals surface area contributed by atoms with E-state index in [-0.39, 0.29) is 31.1 Å². The van der Waals surface area contributed by atoms with Gasteiger partial charge in [0.1, 0.15) is 5.78 Å². The average Bonchev–Trinajstić information content (AvgIpc) is 3.02. The van der Waals surface area contributed by atoms with Crippen LogP contribution in [0.15, 0.2) is 36.8 Å². The highest BCUT2D eigenvalue weighted by Crippen LogP contribution is 2.48. The first-order chi connectivity index (χ1) is 10.1. The number of carbonyl (C=O) groups is 1. The molecule has 2 aromatic rings. The van der Waals surface area contributed by atoms with Gasteiger partial charge < -0.3 is 4.57 Å². The first-order valence-corrected chi connectivity index (χ1v) is 7.08. The zero-order valence-corrected chi connectivity index (χ0v) is 11.3. The summed E-state index contributed by atoms with van der Waals surface area (Å²) in [5, 5.41) is 0. The maximum absolute atomic E-state index is 13.8. The Morgan fingerprint density at radius 3 is 2.95 bits per heavy atom. The number of aromatic nitrogens is 2. The maximum atomic E-state index is 13.8. The third-order valence-corrected chi connectivity index (χ3v) is 4.57. The number of halogens is 2. The summed E-state index contributed by atoms with van der Waals surface area (Å²) in [6, 6.07) is 7.33. The molecule has 21 heavy (non-hydrogen) atoms. The fraction of sp³-hybridized carbons (Fsp3) is 0.375. The number of hydrogen-bond acceptors (Lipinski definition) is 2. The number of rotatable bonds is 1. The average molecular weight is 288 g/mol. The zero-order valence-electron chi connectivity index (χ0n) is 11.3. The summed E-state index contributed by atoms with van der Waals surface area (Å²) in [5.41, 5.74) is 2.84. The molecule has 1 fully saturated rings. The highest BCUT2D eigenvalue weighted by Gasteiger charge is 2.47. The van der Waals surface area contributed by atoms with Gasteiger partial charge in [0.15, 0.2) is 0 Å². The topological polar surface area (TPSA) is 34.9 Å². The molecule has 0 amide bonds. The van der Waals surface area contributed by atoms with Crippen LogP contribution in [0.5, 0.6) is 0 Å². The Balaban J connectivity index is 1.83. The largest absolute Gasteiger partial charge is 0.322 e. The molecule has 1 saturated carbocycles. The van der Waals surface area contributed by atoms with Crippen LogP contribution in [0, 0.1) is 5.92 Å². The SMILES string of the molecule is O=C1CCC(F)(F)CC1C1c2ccccc2-c2cncn21. The molecule has 2 heterocycles. The Hall–Kier alpha value is -2.04. The minimum Gasteiger partial charge on any atom is -0.322 e. The molecule has 1 aromatic heterocycles. The Bertz CT molecular complexity index is 723. The van der Waals surface area contributed by atoms with Gasteiger partial charge in [-0.25, -0.2) is 13.8 Å². The molecule has 2 aliphatic rings. The summed E-state index contributed by atoms with van der Waals surface area (Å²) >= 11 is 0. The fourth-order valence-corrected chi connectivity index (χ4v) is 3.60. The Kier molecular flexibility index (Phi) is 2.55. The van der Waals surface area contributed by atoms with Gasteiger partial charge in [-0.2, -0.15) is 0 Å². The lowest BCUT2D eigenvalue weighted by Gasteiger charge is -2.32. The number of imidazole rings is 1. The Labute approximate surface area is 120 Å². The molecule has 5 heteroatoms. The van der Waals surface area contributed by atoms with E-state index in [4.69, 9.17) is 0 Å². The smallest absolute Gasteiger partial charge is 0.249 e. The van der Waals surface area contributed by atoms with Gasteiger partial charge in [-0.15, -0.1) is 0 Å². The highest BCUT2D eigenvalue weighted by atomic mass is 19.3. The van der Waals surface area contributed by atoms with Gasteiger partial charge in [0.05, 0.1) is 24.3 Å². The van der Waals surface area contributed by atoms with Gasteiger partial charge in [-0.1, -0.05) is 24.3 Å². The van der Waals surface area contributed by atoms with E-state index in [0.29, 0.717) is 0 Å². The van der Waals surface area contributed by atoms with E-state index < -0.39 is 11.8 Å². The van der Waals surface area contributed by atoms with Crippen molar-refractivity contribution in [1.29, 1.82) is 0 Å². The third-order valence-electron chi connectivity index (χ3n) is 4.57. The normalized spacial score (nSPS) is 26.5. The minimum atomic E-state index is -2.75. The molecule has 0 saturated heterocycles. The van der Waals surface area contributed by atoms with Gasteiger partial charge in [0.25, 0.3) is 0 Å². The third kappa shape index (κ3) is 1.83. The summed E-state index contributed by atoms with van der Waals surface area (Å²) < 4.78 is 29.4. The van der Waals surface area contributed by atoms with E-state index in [1.165, 1.54) is 0 Å². The van der Waals surface area contributed by atoms with E-state index in [0.717, 1.165) is 16.8 Å². The number of alkyl halides is 2. The standard InChI is InChI=1S/C16H14F2N2O/c17-16(18)6-5-14(21)12(7-16)15-11-4-2-1-3-10(11)13-8-19-9-20(13)15/h1-4,8-9,12,15H,5-7H2. The summed E-state index contributed by atoms with van der Waals surface area (Å²) in [6.45, 7) is 0. The summed E-state index contributed by atoms with van der Waals surface area (Å²) in [7, 11) is 0. The van der Waals surface area contributed by atoms with Crippen molar-refractivity contribution in [3.05, 3.63) is 42.4 Å². The number of carbonyl (C=O) groups excluding carboxylic acids is 1. The molecule has 0 spiro atoms. The molecule has 0 bridgehead atoms. The van der Waals surface area contributed by atoms with Crippen molar-refractivity contribution >= 4 is 5.78 Å². The lowest BCUT2D eigenvalue weighted by atomic mass is 9.78. The molecule has 0 N–H and O–H groups in total. The molecule has 4 rings (SSSR count). The van der Waals surface area contributed by atoms with Gasteiger partial charge in [0, 0.05) is 30.7 Å². The van der Waals surface area contributed by atoms with Crippen molar-refractivity contribution in [3.63, 3.8) is 0 Å². The molecule has 1 aliphatic carbocycles. The van der Waals surface area contributed by atoms with Crippen LogP contribution in [-0.4, -0.2) is 21.3 Å². The minimum absolute atomic E-state index is 0.0413. The molecule has 2 unspecified atom stereocenters. The van der Waals surface area contributed by atoms with Gasteiger partial charge in [-0.3, -0.25) is 4.79 Å². The fourth-order valence-electron chi connectivity index (χ4n) is 3.60. The first kappa shape index (κ1) is 12.7. The van der Waals surface area contributed by atoms with Crippen LogP contribution in [0.2, 0.25) is 0 Å². The molecule has 1 aromatic carbocycles. The maximum Gasteiger partial charge on any atom is 0.249 e. The number of fused-ring (bicyclic) bond motifs is 3. The van der Waals surface area contributed by atoms with E-state index in [1.807, 2.05) is 28.8 Å². The lowest BCUT2D eigenvalue weighted by Crippen LogP contribution is -2.37. The van der Waals surface area contributed by atoms with Crippen molar-refractivity contribution < 1.29 is 13.6 Å². The molecular weight excluding hydrogens is 274 g/mol. The predicted molar refractivity (Wildman–Crippen MR) is 73.1 cm³/mol. The zero-order chi connectivity index (χ0) is 14.6. The highest BCUT2D eigenvalue weighted by molar-refractivity contribution is 5.84. The number of hydrogen-bond donors (Lipinski definition) is 0. The van der Waals surface area contributed by atoms with Gasteiger partial charge in [-0.05, 0) is 5.56 Å². The second-order valence-corrected chi connectivity index (χ2v) is 5.85. The number of nitrogens with zero attached hydrogens (tertiary/aromatic N) is 2. The van der Waals surface area contributed by atoms with Crippen molar-refractivity contribution in [1.82, 2.24) is 9.55 Å². The van der Waals surface area contributed by atoms with Crippen LogP contribution in [0.1, 0.15) is 30.9 Å². The van der Waals surface area contributed by atoms with E-state index >= 15 is 0 Å². The molecule has 0 radical (unpaired) electrons. The quantitative estimate of drug-likeness (QED) is 0.805. The molecule has 2 atom stereocenters. The molecule has 108 valence electrons. The van der Waals surface area contributed by atoms with Gasteiger partial charge >= 0.3 is 0 Å². The van der Waals surface area contributed by atoms with Crippen LogP contribution in [0.4, 0.5) is 8.78 Å². The molecule has 3 nitrogen and oxygen atoms in total. The van der Waals surface area contributed by atoms with Gasteiger partial charge in [0.2, 0.25) is 5.92 Å². The summed E-state index contributed by atoms with van der Waals surface area (Å²) in [5.74, 6) is -3.50. The number of Topliss-reactive ketones (excluding diaryl/α,β-unsaturated/α-hetero) is 1. The second-order valence-electron chi connectivity index (χ2n) is 5.85. The Morgan fingerprint density at radius 2 is 2.10 bits per heavy atom. The number of ketones is 1. The summed E-state index contributed by atoms with van der Waals surface area (Å²) in [4.78, 5) is 16.4. The van der Waals surface area contributed by atoms with Crippen LogP contribution in [-0.2, 0) is 4.79 Å². The van der Waals surface area contributed by atoms with Crippen molar-refractivity contribution in [2.24, 2.45) is 5.92 Å². The first-order valence-electron chi connectivity index (χ1n) is 7.08. The predicted octanol–water partition coefficient (Wildman–Crippen LogP) is 3.46. The number of benzene rings is 1. The van der Waals surface area contributed by atoms with Crippen LogP contribution >= 0.6 is 0 Å². The van der Waals surface area contributed by atoms with Crippen LogP contribution in [0.25, 0.3) is 11.3 Å². The van der Waals surface area contributed by atoms with E-state index in [1.54, 1.807) is 12.5 Å². The van der Waals surface area contributed by atoms with Crippen molar-refractivity contribution in [2.75, 3.05) is 0 Å².